The van der Waals surface area contributed by atoms with Crippen molar-refractivity contribution in [2.24, 2.45) is 0 Å². The summed E-state index contributed by atoms with van der Waals surface area (Å²) in [5, 5.41) is 11.3. The van der Waals surface area contributed by atoms with E-state index in [2.05, 4.69) is 5.32 Å². The van der Waals surface area contributed by atoms with Gasteiger partial charge in [-0.25, -0.2) is 0 Å². The number of nitrogens with zero attached hydrogens (tertiary/aromatic N) is 1. The van der Waals surface area contributed by atoms with E-state index >= 15 is 0 Å². The highest BCUT2D eigenvalue weighted by Gasteiger charge is 2.21. The van der Waals surface area contributed by atoms with Gasteiger partial charge in [0, 0.05) is 26.1 Å². The molecule has 2 N–H and O–H groups in total. The number of carbonyl (C=O) groups is 3. The summed E-state index contributed by atoms with van der Waals surface area (Å²) in [4.78, 5) is 34.7. The van der Waals surface area contributed by atoms with Crippen molar-refractivity contribution in [2.45, 2.75) is 25.8 Å². The van der Waals surface area contributed by atoms with Crippen LogP contribution in [0, 0.1) is 0 Å². The monoisotopic (exact) mass is 274 g/mol. The van der Waals surface area contributed by atoms with E-state index in [-0.39, 0.29) is 29.4 Å². The Labute approximate surface area is 110 Å². The minimum atomic E-state index is -0.914. The largest absolute Gasteiger partial charge is 0.481 e. The van der Waals surface area contributed by atoms with Crippen molar-refractivity contribution in [3.63, 3.8) is 0 Å². The van der Waals surface area contributed by atoms with Crippen molar-refractivity contribution in [2.75, 3.05) is 24.6 Å². The maximum absolute atomic E-state index is 11.5. The second-order valence-corrected chi connectivity index (χ2v) is 5.22. The number of hydrogen-bond acceptors (Lipinski definition) is 4. The van der Waals surface area contributed by atoms with E-state index in [0.717, 1.165) is 24.6 Å². The molecule has 6 nitrogen and oxygen atoms in total. The lowest BCUT2D eigenvalue weighted by atomic mass is 10.1. The summed E-state index contributed by atoms with van der Waals surface area (Å²) in [6, 6.07) is 0.0959. The summed E-state index contributed by atoms with van der Waals surface area (Å²) in [6.45, 7) is 2.88. The molecule has 1 saturated heterocycles. The van der Waals surface area contributed by atoms with E-state index in [4.69, 9.17) is 5.11 Å². The van der Waals surface area contributed by atoms with Crippen molar-refractivity contribution in [1.29, 1.82) is 0 Å². The first kappa shape index (κ1) is 14.8. The lowest BCUT2D eigenvalue weighted by Gasteiger charge is -2.31. The first-order chi connectivity index (χ1) is 8.49. The number of thioether (sulfide) groups is 1. The van der Waals surface area contributed by atoms with Crippen molar-refractivity contribution in [3.05, 3.63) is 0 Å². The van der Waals surface area contributed by atoms with Crippen LogP contribution in [0.15, 0.2) is 0 Å². The van der Waals surface area contributed by atoms with Crippen LogP contribution < -0.4 is 5.32 Å². The number of nitrogens with one attached hydrogen (secondary N) is 1. The molecular weight excluding hydrogens is 256 g/mol. The molecule has 1 fully saturated rings. The Balaban J connectivity index is 2.18. The first-order valence-corrected chi connectivity index (χ1v) is 6.99. The molecule has 0 spiro atoms. The zero-order valence-corrected chi connectivity index (χ0v) is 11.2. The zero-order valence-electron chi connectivity index (χ0n) is 10.3. The molecule has 0 radical (unpaired) electrons. The van der Waals surface area contributed by atoms with Gasteiger partial charge in [0.2, 0.25) is 11.8 Å². The number of piperidine rings is 1. The Morgan fingerprint density at radius 2 is 1.89 bits per heavy atom. The Morgan fingerprint density at radius 1 is 1.28 bits per heavy atom. The smallest absolute Gasteiger partial charge is 0.313 e. The molecule has 7 heteroatoms. The second-order valence-electron chi connectivity index (χ2n) is 4.23. The summed E-state index contributed by atoms with van der Waals surface area (Å²) in [5.74, 6) is -0.878. The quantitative estimate of drug-likeness (QED) is 0.733. The maximum Gasteiger partial charge on any atom is 0.313 e. The normalized spacial score (nSPS) is 16.4. The van der Waals surface area contributed by atoms with E-state index in [0.29, 0.717) is 13.1 Å². The minimum Gasteiger partial charge on any atom is -0.481 e. The van der Waals surface area contributed by atoms with Crippen molar-refractivity contribution in [3.8, 4) is 0 Å². The SMILES string of the molecule is CC(=O)N1CCC(NC(=O)CSCC(=O)O)CC1. The number of carbonyl (C=O) groups excluding carboxylic acids is 2. The molecule has 1 heterocycles. The highest BCUT2D eigenvalue weighted by atomic mass is 32.2. The number of aliphatic carboxylic acids is 1. The van der Waals surface area contributed by atoms with Crippen LogP contribution in [0.4, 0.5) is 0 Å². The van der Waals surface area contributed by atoms with Gasteiger partial charge in [-0.2, -0.15) is 0 Å². The summed E-state index contributed by atoms with van der Waals surface area (Å²) in [5.41, 5.74) is 0. The van der Waals surface area contributed by atoms with Gasteiger partial charge in [-0.1, -0.05) is 0 Å². The fourth-order valence-corrected chi connectivity index (χ4v) is 2.38. The van der Waals surface area contributed by atoms with Gasteiger partial charge in [0.25, 0.3) is 0 Å². The molecule has 0 unspecified atom stereocenters. The van der Waals surface area contributed by atoms with Crippen LogP contribution in [-0.4, -0.2) is 58.4 Å². The third-order valence-electron chi connectivity index (χ3n) is 2.76. The van der Waals surface area contributed by atoms with Crippen LogP contribution in [-0.2, 0) is 14.4 Å². The van der Waals surface area contributed by atoms with Gasteiger partial charge in [0.05, 0.1) is 11.5 Å². The molecule has 1 aliphatic rings. The molecule has 0 atom stereocenters. The van der Waals surface area contributed by atoms with E-state index in [9.17, 15) is 14.4 Å². The molecule has 0 aromatic rings. The second kappa shape index (κ2) is 7.25. The molecule has 1 rings (SSSR count). The minimum absolute atomic E-state index is 0.0593. The predicted molar refractivity (Wildman–Crippen MR) is 68.4 cm³/mol. The highest BCUT2D eigenvalue weighted by Crippen LogP contribution is 2.10. The third kappa shape index (κ3) is 5.39. The van der Waals surface area contributed by atoms with E-state index in [1.807, 2.05) is 0 Å². The molecule has 0 saturated carbocycles. The molecule has 102 valence electrons. The molecule has 0 bridgehead atoms. The third-order valence-corrected chi connectivity index (χ3v) is 3.68. The average molecular weight is 274 g/mol. The molecule has 1 aliphatic heterocycles. The van der Waals surface area contributed by atoms with Crippen LogP contribution in [0.2, 0.25) is 0 Å². The van der Waals surface area contributed by atoms with Crippen LogP contribution >= 0.6 is 11.8 Å². The van der Waals surface area contributed by atoms with E-state index in [1.165, 1.54) is 0 Å². The molecule has 2 amide bonds. The summed E-state index contributed by atoms with van der Waals surface area (Å²) in [7, 11) is 0. The predicted octanol–water partition coefficient (Wildman–Crippen LogP) is -0.0687. The van der Waals surface area contributed by atoms with E-state index in [1.54, 1.807) is 11.8 Å². The van der Waals surface area contributed by atoms with Crippen molar-refractivity contribution in [1.82, 2.24) is 10.2 Å². The number of carboxylic acids is 1. The number of likely N-dealkylation sites (tertiary alicyclic amines) is 1. The molecule has 0 aliphatic carbocycles. The number of hydrogen-bond donors (Lipinski definition) is 2. The van der Waals surface area contributed by atoms with Crippen LogP contribution in [0.3, 0.4) is 0 Å². The van der Waals surface area contributed by atoms with Gasteiger partial charge in [0.1, 0.15) is 0 Å². The number of carboxylic acid groups (broad SMARTS) is 1. The maximum atomic E-state index is 11.5. The Bertz CT molecular complexity index is 327. The fourth-order valence-electron chi connectivity index (χ4n) is 1.84. The first-order valence-electron chi connectivity index (χ1n) is 5.83. The topological polar surface area (TPSA) is 86.7 Å². The lowest BCUT2D eigenvalue weighted by Crippen LogP contribution is -2.46. The zero-order chi connectivity index (χ0) is 13.5. The van der Waals surface area contributed by atoms with Crippen LogP contribution in [0.1, 0.15) is 19.8 Å². The Hall–Kier alpha value is -1.24. The Morgan fingerprint density at radius 3 is 2.39 bits per heavy atom. The van der Waals surface area contributed by atoms with Crippen molar-refractivity contribution >= 4 is 29.5 Å². The van der Waals surface area contributed by atoms with Crippen LogP contribution in [0.25, 0.3) is 0 Å². The molecule has 18 heavy (non-hydrogen) atoms. The number of rotatable bonds is 5. The highest BCUT2D eigenvalue weighted by molar-refractivity contribution is 8.00. The van der Waals surface area contributed by atoms with Gasteiger partial charge in [-0.3, -0.25) is 14.4 Å². The van der Waals surface area contributed by atoms with E-state index < -0.39 is 5.97 Å². The van der Waals surface area contributed by atoms with Gasteiger partial charge in [-0.15, -0.1) is 11.8 Å². The number of amides is 2. The average Bonchev–Trinajstić information content (AvgIpc) is 2.29. The molecule has 0 aromatic heterocycles. The van der Waals surface area contributed by atoms with Gasteiger partial charge in [-0.05, 0) is 12.8 Å². The van der Waals surface area contributed by atoms with Gasteiger partial charge < -0.3 is 15.3 Å². The van der Waals surface area contributed by atoms with Crippen LogP contribution in [0.5, 0.6) is 0 Å². The van der Waals surface area contributed by atoms with Gasteiger partial charge >= 0.3 is 5.97 Å². The summed E-state index contributed by atoms with van der Waals surface area (Å²) in [6.07, 6.45) is 1.52. The Kier molecular flexibility index (Phi) is 5.97. The standard InChI is InChI=1S/C11H18N2O4S/c1-8(14)13-4-2-9(3-5-13)12-10(15)6-18-7-11(16)17/h9H,2-7H2,1H3,(H,12,15)(H,16,17). The summed E-state index contributed by atoms with van der Waals surface area (Å²) < 4.78 is 0. The van der Waals surface area contributed by atoms with Crippen molar-refractivity contribution < 1.29 is 19.5 Å². The summed E-state index contributed by atoms with van der Waals surface area (Å²) >= 11 is 1.09. The lowest BCUT2D eigenvalue weighted by molar-refractivity contribution is -0.134. The van der Waals surface area contributed by atoms with Gasteiger partial charge in [0.15, 0.2) is 0 Å². The fraction of sp³-hybridized carbons (Fsp3) is 0.727. The molecular formula is C11H18N2O4S. The molecule has 0 aromatic carbocycles.